The van der Waals surface area contributed by atoms with Crippen LogP contribution in [0.5, 0.6) is 0 Å². The van der Waals surface area contributed by atoms with Gasteiger partial charge in [0.15, 0.2) is 0 Å². The molecule has 0 amide bonds. The molecule has 10 heteroatoms. The van der Waals surface area contributed by atoms with Crippen LogP contribution in [0.3, 0.4) is 0 Å². The minimum atomic E-state index is 0. The van der Waals surface area contributed by atoms with Gasteiger partial charge in [-0.3, -0.25) is 29.4 Å². The predicted octanol–water partition coefficient (Wildman–Crippen LogP) is 0.294. The molecule has 0 N–H and O–H groups in total. The average Bonchev–Trinajstić information content (AvgIpc) is 2.85. The molecule has 1 aliphatic carbocycles. The maximum absolute atomic E-state index is 2.57. The number of nitrogens with zero attached hydrogens (tertiary/aromatic N) is 6. The third-order valence-corrected chi connectivity index (χ3v) is 12.4. The fourth-order valence-corrected chi connectivity index (χ4v) is 10.9. The van der Waals surface area contributed by atoms with Crippen LogP contribution in [0.15, 0.2) is 0 Å². The second-order valence-electron chi connectivity index (χ2n) is 10.2. The molecule has 9 aliphatic rings. The van der Waals surface area contributed by atoms with Crippen molar-refractivity contribution in [3.05, 3.63) is 29.6 Å². The van der Waals surface area contributed by atoms with E-state index in [1.54, 1.807) is 0 Å². The first-order chi connectivity index (χ1) is 14.4. The summed E-state index contributed by atoms with van der Waals surface area (Å²) < 4.78 is 0. The number of hydrogen-bond acceptors (Lipinski definition) is 6. The van der Waals surface area contributed by atoms with Crippen LogP contribution in [0.4, 0.5) is 0 Å². The first-order valence-corrected chi connectivity index (χ1v) is 15.1. The van der Waals surface area contributed by atoms with Crippen LogP contribution in [0, 0.1) is 29.6 Å². The van der Waals surface area contributed by atoms with E-state index in [0.29, 0.717) is 15.8 Å². The minimum Gasteiger partial charge on any atom is -1.00 e. The number of rotatable bonds is 0. The smallest absolute Gasteiger partial charge is 1.00 e. The summed E-state index contributed by atoms with van der Waals surface area (Å²) in [5.74, 6) is 7.34. The molecule has 8 saturated heterocycles. The van der Waals surface area contributed by atoms with Gasteiger partial charge in [-0.25, -0.2) is 0 Å². The van der Waals surface area contributed by atoms with Gasteiger partial charge in [-0.05, 0) is 29.6 Å². The largest absolute Gasteiger partial charge is 2.00 e. The van der Waals surface area contributed by atoms with Crippen molar-refractivity contribution in [1.82, 2.24) is 29.4 Å². The summed E-state index contributed by atoms with van der Waals surface area (Å²) in [5, 5.41) is 0. The van der Waals surface area contributed by atoms with Crippen molar-refractivity contribution in [2.75, 3.05) is 77.7 Å². The van der Waals surface area contributed by atoms with Gasteiger partial charge in [-0.15, -0.1) is 0 Å². The topological polar surface area (TPSA) is 19.4 Å². The first-order valence-electron chi connectivity index (χ1n) is 11.3. The van der Waals surface area contributed by atoms with Crippen molar-refractivity contribution in [3.8, 4) is 0 Å². The summed E-state index contributed by atoms with van der Waals surface area (Å²) >= 11 is 0. The summed E-state index contributed by atoms with van der Waals surface area (Å²) in [7, 11) is 0.732. The third kappa shape index (κ3) is 6.08. The van der Waals surface area contributed by atoms with Crippen molar-refractivity contribution < 1.29 is 31.9 Å². The molecule has 8 heterocycles. The maximum atomic E-state index is 2.57. The van der Waals surface area contributed by atoms with E-state index in [-0.39, 0.29) is 31.9 Å². The normalized spacial score (nSPS) is 44.9. The Kier molecular flexibility index (Phi) is 10.3. The Morgan fingerprint density at radius 1 is 0.406 bits per heavy atom. The molecule has 0 spiro atoms. The Morgan fingerprint density at radius 2 is 0.562 bits per heavy atom. The average molecular weight is 586 g/mol. The molecular formula is C22H39ClN6P2Ru+. The zero-order valence-corrected chi connectivity index (χ0v) is 24.6. The van der Waals surface area contributed by atoms with E-state index in [9.17, 15) is 0 Å². The molecule has 0 aromatic rings. The van der Waals surface area contributed by atoms with E-state index >= 15 is 0 Å². The molecule has 0 unspecified atom stereocenters. The van der Waals surface area contributed by atoms with Crippen LogP contribution in [0.25, 0.3) is 0 Å². The molecule has 8 bridgehead atoms. The molecule has 0 aromatic carbocycles. The number of halogens is 1. The fourth-order valence-electron chi connectivity index (χ4n) is 5.87. The summed E-state index contributed by atoms with van der Waals surface area (Å²) in [6, 6.07) is 0. The Morgan fingerprint density at radius 3 is 0.688 bits per heavy atom. The molecule has 181 valence electrons. The second kappa shape index (κ2) is 11.7. The van der Waals surface area contributed by atoms with Crippen molar-refractivity contribution in [1.29, 1.82) is 0 Å². The number of hydrogen-bond donors (Lipinski definition) is 0. The van der Waals surface area contributed by atoms with Crippen molar-refractivity contribution in [3.63, 3.8) is 0 Å². The Hall–Kier alpha value is 1.53. The van der Waals surface area contributed by atoms with E-state index < -0.39 is 0 Å². The Bertz CT molecular complexity index is 425. The molecule has 0 aromatic heterocycles. The Balaban J connectivity index is 0.000000131. The zero-order chi connectivity index (χ0) is 21.0. The molecule has 32 heavy (non-hydrogen) atoms. The minimum absolute atomic E-state index is 0. The van der Waals surface area contributed by atoms with Crippen molar-refractivity contribution >= 4 is 15.8 Å². The zero-order valence-electron chi connectivity index (χ0n) is 20.3. The Labute approximate surface area is 218 Å². The first kappa shape index (κ1) is 28.1. The van der Waals surface area contributed by atoms with Gasteiger partial charge in [0.1, 0.15) is 0 Å². The van der Waals surface area contributed by atoms with Crippen LogP contribution >= 0.6 is 15.8 Å². The van der Waals surface area contributed by atoms with Gasteiger partial charge in [-0.1, -0.05) is 50.5 Å². The van der Waals surface area contributed by atoms with Gasteiger partial charge in [0.2, 0.25) is 0 Å². The molecule has 9 fully saturated rings. The SMILES string of the molecule is C1N2CN3CN1CP(C2)C3.C1N2CN3CN1CP(C2)C3.C[C]1[C](C)[C](C)[C](C)[C]1C.[Cl-].[Ru+2]. The van der Waals surface area contributed by atoms with E-state index in [1.807, 2.05) is 0 Å². The van der Waals surface area contributed by atoms with E-state index in [4.69, 9.17) is 0 Å². The third-order valence-electron chi connectivity index (χ3n) is 7.61. The fraction of sp³-hybridized carbons (Fsp3) is 0.773. The second-order valence-corrected chi connectivity index (χ2v) is 14.6. The van der Waals surface area contributed by atoms with E-state index in [0.717, 1.165) is 0 Å². The van der Waals surface area contributed by atoms with E-state index in [1.165, 1.54) is 107 Å². The van der Waals surface area contributed by atoms with Crippen LogP contribution in [-0.2, 0) is 19.5 Å². The van der Waals surface area contributed by atoms with Crippen molar-refractivity contribution in [2.45, 2.75) is 34.6 Å². The van der Waals surface area contributed by atoms with Crippen LogP contribution in [-0.4, -0.2) is 107 Å². The van der Waals surface area contributed by atoms with Gasteiger partial charge in [0.25, 0.3) is 0 Å². The van der Waals surface area contributed by atoms with Gasteiger partial charge in [0, 0.05) is 37.7 Å². The quantitative estimate of drug-likeness (QED) is 0.299. The van der Waals surface area contributed by atoms with Crippen molar-refractivity contribution in [2.24, 2.45) is 0 Å². The van der Waals surface area contributed by atoms with Gasteiger partial charge < -0.3 is 12.4 Å². The molecule has 6 nitrogen and oxygen atoms in total. The molecule has 8 aliphatic heterocycles. The maximum Gasteiger partial charge on any atom is 2.00 e. The summed E-state index contributed by atoms with van der Waals surface area (Å²) in [5.41, 5.74) is 0. The standard InChI is InChI=1S/C10H15.2C6H12N3P.ClH.Ru/c1-6-7(2)9(4)10(5)8(6)3;2*1-7-2-9-3-8(1)5-10(4-7)6-9;;/h1-5H3;2*1-6H2;1H;/q;;;;+2/p-1. The summed E-state index contributed by atoms with van der Waals surface area (Å²) in [6.07, 6.45) is 8.51. The molecule has 1 saturated carbocycles. The summed E-state index contributed by atoms with van der Waals surface area (Å²) in [6.45, 7) is 18.5. The van der Waals surface area contributed by atoms with Crippen LogP contribution < -0.4 is 12.4 Å². The van der Waals surface area contributed by atoms with E-state index in [2.05, 4.69) is 64.0 Å². The predicted molar refractivity (Wildman–Crippen MR) is 128 cm³/mol. The monoisotopic (exact) mass is 586 g/mol. The van der Waals surface area contributed by atoms with Gasteiger partial charge >= 0.3 is 19.5 Å². The molecular weight excluding hydrogens is 547 g/mol. The molecule has 5 radical (unpaired) electrons. The van der Waals surface area contributed by atoms with Crippen LogP contribution in [0.2, 0.25) is 0 Å². The van der Waals surface area contributed by atoms with Gasteiger partial charge in [0.05, 0.1) is 40.0 Å². The molecule has 9 rings (SSSR count). The van der Waals surface area contributed by atoms with Crippen LogP contribution in [0.1, 0.15) is 34.6 Å². The summed E-state index contributed by atoms with van der Waals surface area (Å²) in [4.78, 5) is 15.4. The molecule has 0 atom stereocenters. The van der Waals surface area contributed by atoms with Gasteiger partial charge in [-0.2, -0.15) is 0 Å².